The number of aliphatic hydroxyl groups is 1. The first-order valence-electron chi connectivity index (χ1n) is 3.73. The van der Waals surface area contributed by atoms with E-state index < -0.39 is 5.60 Å². The molecule has 0 aromatic carbocycles. The second-order valence-electron chi connectivity index (χ2n) is 3.53. The maximum atomic E-state index is 9.67. The largest absolute Gasteiger partial charge is 0.390 e. The Morgan fingerprint density at radius 3 is 1.80 bits per heavy atom. The van der Waals surface area contributed by atoms with Gasteiger partial charge in [-0.05, 0) is 20.3 Å². The first-order valence-corrected chi connectivity index (χ1v) is 3.73. The van der Waals surface area contributed by atoms with E-state index in [0.717, 1.165) is 6.42 Å². The van der Waals surface area contributed by atoms with Crippen molar-refractivity contribution in [2.75, 3.05) is 0 Å². The van der Waals surface area contributed by atoms with Gasteiger partial charge in [-0.2, -0.15) is 0 Å². The molecule has 1 atom stereocenters. The minimum Gasteiger partial charge on any atom is -0.390 e. The summed E-state index contributed by atoms with van der Waals surface area (Å²) in [4.78, 5) is 0. The second-order valence-corrected chi connectivity index (χ2v) is 3.53. The zero-order chi connectivity index (χ0) is 8.41. The lowest BCUT2D eigenvalue weighted by atomic mass is 9.74. The van der Waals surface area contributed by atoms with Crippen molar-refractivity contribution in [2.24, 2.45) is 5.41 Å². The molecular formula is C9H18O. The first kappa shape index (κ1) is 9.70. The zero-order valence-corrected chi connectivity index (χ0v) is 7.44. The molecule has 0 spiro atoms. The number of rotatable bonds is 3. The van der Waals surface area contributed by atoms with Crippen molar-refractivity contribution in [3.63, 3.8) is 0 Å². The van der Waals surface area contributed by atoms with E-state index in [1.807, 2.05) is 26.8 Å². The molecule has 0 saturated carbocycles. The van der Waals surface area contributed by atoms with Gasteiger partial charge in [0.1, 0.15) is 0 Å². The molecule has 0 fully saturated rings. The maximum absolute atomic E-state index is 9.67. The number of hydrogen-bond acceptors (Lipinski definition) is 1. The fraction of sp³-hybridized carbons (Fsp3) is 0.778. The fourth-order valence-electron chi connectivity index (χ4n) is 0.827. The van der Waals surface area contributed by atoms with Gasteiger partial charge in [0.25, 0.3) is 0 Å². The molecule has 0 heterocycles. The quantitative estimate of drug-likeness (QED) is 0.600. The molecule has 1 unspecified atom stereocenters. The van der Waals surface area contributed by atoms with E-state index in [1.54, 1.807) is 0 Å². The van der Waals surface area contributed by atoms with Gasteiger partial charge >= 0.3 is 0 Å². The Morgan fingerprint density at radius 2 is 1.80 bits per heavy atom. The Hall–Kier alpha value is -0.300. The highest BCUT2D eigenvalue weighted by Crippen LogP contribution is 2.34. The van der Waals surface area contributed by atoms with E-state index in [2.05, 4.69) is 13.5 Å². The molecule has 1 N–H and O–H groups in total. The summed E-state index contributed by atoms with van der Waals surface area (Å²) in [5, 5.41) is 9.67. The molecule has 60 valence electrons. The normalized spacial score (nSPS) is 18.1. The van der Waals surface area contributed by atoms with E-state index in [0.29, 0.717) is 0 Å². The molecule has 0 aromatic heterocycles. The van der Waals surface area contributed by atoms with Gasteiger partial charge in [-0.3, -0.25) is 0 Å². The second kappa shape index (κ2) is 2.75. The molecule has 0 saturated heterocycles. The lowest BCUT2D eigenvalue weighted by Gasteiger charge is -2.37. The smallest absolute Gasteiger partial charge is 0.0679 e. The van der Waals surface area contributed by atoms with Crippen LogP contribution in [0.5, 0.6) is 0 Å². The van der Waals surface area contributed by atoms with Crippen LogP contribution in [0.1, 0.15) is 34.1 Å². The van der Waals surface area contributed by atoms with Crippen LogP contribution in [0.25, 0.3) is 0 Å². The Morgan fingerprint density at radius 1 is 1.40 bits per heavy atom. The van der Waals surface area contributed by atoms with Gasteiger partial charge in [-0.15, -0.1) is 6.58 Å². The summed E-state index contributed by atoms with van der Waals surface area (Å²) in [6.45, 7) is 11.4. The van der Waals surface area contributed by atoms with E-state index in [-0.39, 0.29) is 5.41 Å². The Balaban J connectivity index is 4.48. The van der Waals surface area contributed by atoms with Crippen molar-refractivity contribution in [3.05, 3.63) is 12.7 Å². The third-order valence-electron chi connectivity index (χ3n) is 2.58. The van der Waals surface area contributed by atoms with Crippen LogP contribution in [0.2, 0.25) is 0 Å². The molecule has 0 aliphatic rings. The van der Waals surface area contributed by atoms with Crippen molar-refractivity contribution in [3.8, 4) is 0 Å². The van der Waals surface area contributed by atoms with Crippen molar-refractivity contribution >= 4 is 0 Å². The van der Waals surface area contributed by atoms with Gasteiger partial charge < -0.3 is 5.11 Å². The van der Waals surface area contributed by atoms with Crippen molar-refractivity contribution < 1.29 is 5.11 Å². The summed E-state index contributed by atoms with van der Waals surface area (Å²) in [6.07, 6.45) is 2.74. The van der Waals surface area contributed by atoms with E-state index >= 15 is 0 Å². The topological polar surface area (TPSA) is 20.2 Å². The molecule has 1 heteroatoms. The summed E-state index contributed by atoms with van der Waals surface area (Å²) in [6, 6.07) is 0. The summed E-state index contributed by atoms with van der Waals surface area (Å²) < 4.78 is 0. The Kier molecular flexibility index (Phi) is 2.67. The lowest BCUT2D eigenvalue weighted by Crippen LogP contribution is -2.38. The molecule has 0 aromatic rings. The summed E-state index contributed by atoms with van der Waals surface area (Å²) in [5.74, 6) is 0. The highest BCUT2D eigenvalue weighted by Gasteiger charge is 2.34. The maximum Gasteiger partial charge on any atom is 0.0679 e. The monoisotopic (exact) mass is 142 g/mol. The van der Waals surface area contributed by atoms with Crippen LogP contribution in [0, 0.1) is 5.41 Å². The van der Waals surface area contributed by atoms with Crippen LogP contribution in [0.4, 0.5) is 0 Å². The van der Waals surface area contributed by atoms with E-state index in [4.69, 9.17) is 0 Å². The predicted molar refractivity (Wildman–Crippen MR) is 44.9 cm³/mol. The van der Waals surface area contributed by atoms with Gasteiger partial charge in [0.15, 0.2) is 0 Å². The average Bonchev–Trinajstić information content (AvgIpc) is 1.84. The highest BCUT2D eigenvalue weighted by atomic mass is 16.3. The highest BCUT2D eigenvalue weighted by molar-refractivity contribution is 5.00. The van der Waals surface area contributed by atoms with Gasteiger partial charge in [0.2, 0.25) is 0 Å². The summed E-state index contributed by atoms with van der Waals surface area (Å²) in [5.41, 5.74) is -0.823. The predicted octanol–water partition coefficient (Wildman–Crippen LogP) is 2.36. The van der Waals surface area contributed by atoms with Crippen molar-refractivity contribution in [1.82, 2.24) is 0 Å². The van der Waals surface area contributed by atoms with Crippen molar-refractivity contribution in [1.29, 1.82) is 0 Å². The minimum absolute atomic E-state index is 0.160. The minimum atomic E-state index is -0.663. The van der Waals surface area contributed by atoms with Crippen LogP contribution in [0.3, 0.4) is 0 Å². The molecule has 10 heavy (non-hydrogen) atoms. The molecule has 1 nitrogen and oxygen atoms in total. The third kappa shape index (κ3) is 1.60. The molecule has 0 radical (unpaired) electrons. The number of hydrogen-bond donors (Lipinski definition) is 1. The lowest BCUT2D eigenvalue weighted by molar-refractivity contribution is -0.0191. The van der Waals surface area contributed by atoms with Gasteiger partial charge in [0.05, 0.1) is 5.60 Å². The molecule has 0 bridgehead atoms. The standard InChI is InChI=1S/C9H18O/c1-6-9(5,7-2)8(3,4)10/h6,10H,1,7H2,2-5H3. The Bertz CT molecular complexity index is 121. The average molecular weight is 142 g/mol. The van der Waals surface area contributed by atoms with E-state index in [1.165, 1.54) is 0 Å². The van der Waals surface area contributed by atoms with Crippen LogP contribution in [-0.4, -0.2) is 10.7 Å². The Labute approximate surface area is 63.8 Å². The molecule has 0 amide bonds. The fourth-order valence-corrected chi connectivity index (χ4v) is 0.827. The van der Waals surface area contributed by atoms with Gasteiger partial charge in [-0.1, -0.05) is 19.9 Å². The van der Waals surface area contributed by atoms with Gasteiger partial charge in [0, 0.05) is 5.41 Å². The van der Waals surface area contributed by atoms with Crippen LogP contribution >= 0.6 is 0 Å². The summed E-state index contributed by atoms with van der Waals surface area (Å²) in [7, 11) is 0. The first-order chi connectivity index (χ1) is 4.37. The van der Waals surface area contributed by atoms with Crippen LogP contribution < -0.4 is 0 Å². The van der Waals surface area contributed by atoms with Crippen molar-refractivity contribution in [2.45, 2.75) is 39.7 Å². The third-order valence-corrected chi connectivity index (χ3v) is 2.58. The molecule has 0 aliphatic heterocycles. The summed E-state index contributed by atoms with van der Waals surface area (Å²) >= 11 is 0. The SMILES string of the molecule is C=CC(C)(CC)C(C)(C)O. The molecule has 0 rings (SSSR count). The molecular weight excluding hydrogens is 124 g/mol. The van der Waals surface area contributed by atoms with Crippen LogP contribution in [-0.2, 0) is 0 Å². The van der Waals surface area contributed by atoms with E-state index in [9.17, 15) is 5.11 Å². The van der Waals surface area contributed by atoms with Gasteiger partial charge in [-0.25, -0.2) is 0 Å². The zero-order valence-electron chi connectivity index (χ0n) is 7.44. The van der Waals surface area contributed by atoms with Crippen LogP contribution in [0.15, 0.2) is 12.7 Å². The molecule has 0 aliphatic carbocycles.